The zero-order chi connectivity index (χ0) is 38.1. The molecule has 0 radical (unpaired) electrons. The molecule has 3 heterocycles. The molecule has 3 aromatic heterocycles. The zero-order valence-electron chi connectivity index (χ0n) is 31.7. The van der Waals surface area contributed by atoms with Crippen molar-refractivity contribution in [1.29, 1.82) is 0 Å². The summed E-state index contributed by atoms with van der Waals surface area (Å²) in [5.74, 6) is 0.548. The van der Waals surface area contributed by atoms with Crippen LogP contribution in [-0.4, -0.2) is 19.1 Å². The lowest BCUT2D eigenvalue weighted by molar-refractivity contribution is 1.06. The highest BCUT2D eigenvalue weighted by atomic mass is 15.1. The van der Waals surface area contributed by atoms with E-state index in [9.17, 15) is 0 Å². The number of aryl methyl sites for hydroxylation is 4. The third kappa shape index (κ3) is 5.38. The highest BCUT2D eigenvalue weighted by molar-refractivity contribution is 6.13. The van der Waals surface area contributed by atoms with Gasteiger partial charge in [0.2, 0.25) is 0 Å². The Labute approximate surface area is 325 Å². The van der Waals surface area contributed by atoms with Crippen LogP contribution in [0.4, 0.5) is 5.69 Å². The van der Waals surface area contributed by atoms with Crippen molar-refractivity contribution in [2.24, 2.45) is 0 Å². The van der Waals surface area contributed by atoms with Crippen LogP contribution >= 0.6 is 0 Å². The lowest BCUT2D eigenvalue weighted by Gasteiger charge is -2.20. The van der Waals surface area contributed by atoms with Crippen LogP contribution in [0.1, 0.15) is 22.5 Å². The summed E-state index contributed by atoms with van der Waals surface area (Å²) >= 11 is 0. The third-order valence-corrected chi connectivity index (χ3v) is 11.0. The van der Waals surface area contributed by atoms with Gasteiger partial charge in [-0.1, -0.05) is 120 Å². The van der Waals surface area contributed by atoms with E-state index < -0.39 is 0 Å². The van der Waals surface area contributed by atoms with Crippen molar-refractivity contribution >= 4 is 49.3 Å². The van der Waals surface area contributed by atoms with Crippen molar-refractivity contribution in [3.05, 3.63) is 186 Å². The first-order chi connectivity index (χ1) is 27.3. The summed E-state index contributed by atoms with van der Waals surface area (Å²) < 4.78 is 4.73. The van der Waals surface area contributed by atoms with Gasteiger partial charge in [-0.3, -0.25) is 0 Å². The van der Waals surface area contributed by atoms with E-state index in [4.69, 9.17) is 16.5 Å². The quantitative estimate of drug-likeness (QED) is 0.166. The molecule has 7 aromatic carbocycles. The second-order valence-electron chi connectivity index (χ2n) is 14.9. The molecule has 266 valence electrons. The molecule has 0 saturated heterocycles. The Kier molecular flexibility index (Phi) is 7.69. The molecule has 0 atom stereocenters. The fraction of sp³-hybridized carbons (Fsp3) is 0.0784. The average Bonchev–Trinajstić information content (AvgIpc) is 3.72. The highest BCUT2D eigenvalue weighted by Crippen LogP contribution is 2.44. The minimum atomic E-state index is 0.496. The molecular weight excluding hydrogens is 683 g/mol. The van der Waals surface area contributed by atoms with Gasteiger partial charge in [-0.2, -0.15) is 0 Å². The molecule has 0 aliphatic carbocycles. The minimum absolute atomic E-state index is 0.496. The molecule has 5 nitrogen and oxygen atoms in total. The van der Waals surface area contributed by atoms with Crippen molar-refractivity contribution in [1.82, 2.24) is 19.1 Å². The Balaban J connectivity index is 1.37. The molecular formula is C51H37N5. The molecule has 10 rings (SSSR count). The molecule has 0 saturated carbocycles. The lowest BCUT2D eigenvalue weighted by Crippen LogP contribution is -2.05. The van der Waals surface area contributed by atoms with E-state index in [-0.39, 0.29) is 0 Å². The van der Waals surface area contributed by atoms with Gasteiger partial charge in [0.25, 0.3) is 0 Å². The molecule has 5 heteroatoms. The molecule has 0 fully saturated rings. The largest absolute Gasteiger partial charge is 0.308 e. The standard InChI is InChI=1S/C51H37N5/c1-31-12-10-14-35(24-31)37-20-22-41-39-16-6-8-18-45(39)55(47(41)27-37)49-29-43(51-53-33(3)26-34(4)54-51)44(52-5)30-50(49)56-46-19-9-7-17-40(46)42-23-21-38(28-48(42)56)36-15-11-13-32(2)25-36/h6-30H,1-4H3. The first-order valence-corrected chi connectivity index (χ1v) is 18.9. The Morgan fingerprint density at radius 1 is 0.429 bits per heavy atom. The first kappa shape index (κ1) is 33.3. The molecule has 0 unspecified atom stereocenters. The number of hydrogen-bond donors (Lipinski definition) is 0. The summed E-state index contributed by atoms with van der Waals surface area (Å²) in [5, 5.41) is 4.62. The van der Waals surface area contributed by atoms with Crippen molar-refractivity contribution in [3.63, 3.8) is 0 Å². The van der Waals surface area contributed by atoms with Crippen LogP contribution in [0.25, 0.3) is 93.5 Å². The first-order valence-electron chi connectivity index (χ1n) is 18.9. The number of nitrogens with zero attached hydrogens (tertiary/aromatic N) is 5. The van der Waals surface area contributed by atoms with E-state index in [2.05, 4.69) is 173 Å². The Bertz CT molecular complexity index is 3240. The molecule has 0 N–H and O–H groups in total. The van der Waals surface area contributed by atoms with E-state index in [1.165, 1.54) is 22.3 Å². The normalized spacial score (nSPS) is 11.6. The van der Waals surface area contributed by atoms with Crippen LogP contribution in [-0.2, 0) is 0 Å². The van der Waals surface area contributed by atoms with Crippen LogP contribution in [0, 0.1) is 34.3 Å². The number of rotatable bonds is 5. The van der Waals surface area contributed by atoms with Crippen molar-refractivity contribution in [2.75, 3.05) is 0 Å². The maximum Gasteiger partial charge on any atom is 0.200 e. The van der Waals surface area contributed by atoms with Gasteiger partial charge >= 0.3 is 0 Å². The van der Waals surface area contributed by atoms with Crippen LogP contribution in [0.15, 0.2) is 152 Å². The van der Waals surface area contributed by atoms with Gasteiger partial charge in [0.05, 0.1) is 40.0 Å². The van der Waals surface area contributed by atoms with Crippen LogP contribution in [0.3, 0.4) is 0 Å². The summed E-state index contributed by atoms with van der Waals surface area (Å²) in [5.41, 5.74) is 16.1. The van der Waals surface area contributed by atoms with E-state index in [0.29, 0.717) is 17.1 Å². The van der Waals surface area contributed by atoms with Crippen molar-refractivity contribution in [3.8, 4) is 45.0 Å². The van der Waals surface area contributed by atoms with E-state index >= 15 is 0 Å². The minimum Gasteiger partial charge on any atom is -0.308 e. The summed E-state index contributed by atoms with van der Waals surface area (Å²) in [4.78, 5) is 14.0. The van der Waals surface area contributed by atoms with Crippen LogP contribution in [0.2, 0.25) is 0 Å². The number of para-hydroxylation sites is 2. The Morgan fingerprint density at radius 2 is 0.893 bits per heavy atom. The van der Waals surface area contributed by atoms with Gasteiger partial charge in [0.15, 0.2) is 5.69 Å². The molecule has 0 bridgehead atoms. The van der Waals surface area contributed by atoms with Crippen molar-refractivity contribution in [2.45, 2.75) is 27.7 Å². The molecule has 0 spiro atoms. The average molecular weight is 720 g/mol. The summed E-state index contributed by atoms with van der Waals surface area (Å²) in [6.07, 6.45) is 0. The molecule has 0 aliphatic rings. The lowest BCUT2D eigenvalue weighted by atomic mass is 10.0. The van der Waals surface area contributed by atoms with E-state index in [0.717, 1.165) is 77.5 Å². The number of fused-ring (bicyclic) bond motifs is 6. The van der Waals surface area contributed by atoms with Gasteiger partial charge < -0.3 is 9.13 Å². The molecule has 56 heavy (non-hydrogen) atoms. The molecule has 10 aromatic rings. The fourth-order valence-electron chi connectivity index (χ4n) is 8.51. The predicted octanol–water partition coefficient (Wildman–Crippen LogP) is 13.5. The molecule has 0 amide bonds. The third-order valence-electron chi connectivity index (χ3n) is 11.0. The maximum absolute atomic E-state index is 8.56. The predicted molar refractivity (Wildman–Crippen MR) is 232 cm³/mol. The Hall–Kier alpha value is -7.29. The monoisotopic (exact) mass is 719 g/mol. The second kappa shape index (κ2) is 12.9. The van der Waals surface area contributed by atoms with Gasteiger partial charge in [-0.25, -0.2) is 14.8 Å². The topological polar surface area (TPSA) is 40.0 Å². The van der Waals surface area contributed by atoms with Gasteiger partial charge in [-0.15, -0.1) is 0 Å². The van der Waals surface area contributed by atoms with Gasteiger partial charge in [0, 0.05) is 38.5 Å². The van der Waals surface area contributed by atoms with Gasteiger partial charge in [-0.05, 0) is 92.4 Å². The summed E-state index contributed by atoms with van der Waals surface area (Å²) in [7, 11) is 0. The highest BCUT2D eigenvalue weighted by Gasteiger charge is 2.23. The number of benzene rings is 7. The number of aromatic nitrogens is 4. The van der Waals surface area contributed by atoms with Crippen molar-refractivity contribution < 1.29 is 0 Å². The SMILES string of the molecule is [C-]#[N+]c1cc(-n2c3ccccc3c3ccc(-c4cccc(C)c4)cc32)c(-n2c3ccccc3c3ccc(-c4cccc(C)c4)cc32)cc1-c1nc(C)cc(C)n1. The van der Waals surface area contributed by atoms with E-state index in [1.54, 1.807) is 0 Å². The fourth-order valence-corrected chi connectivity index (χ4v) is 8.51. The smallest absolute Gasteiger partial charge is 0.200 e. The zero-order valence-corrected chi connectivity index (χ0v) is 31.7. The Morgan fingerprint density at radius 3 is 1.39 bits per heavy atom. The van der Waals surface area contributed by atoms with Crippen LogP contribution < -0.4 is 0 Å². The number of hydrogen-bond acceptors (Lipinski definition) is 2. The molecule has 0 aliphatic heterocycles. The second-order valence-corrected chi connectivity index (χ2v) is 14.9. The van der Waals surface area contributed by atoms with E-state index in [1.807, 2.05) is 19.9 Å². The summed E-state index contributed by atoms with van der Waals surface area (Å²) in [6, 6.07) is 54.3. The van der Waals surface area contributed by atoms with Gasteiger partial charge in [0.1, 0.15) is 5.82 Å². The van der Waals surface area contributed by atoms with Crippen LogP contribution in [0.5, 0.6) is 0 Å². The maximum atomic E-state index is 8.56. The summed E-state index contributed by atoms with van der Waals surface area (Å²) in [6.45, 7) is 16.8.